The Morgan fingerprint density at radius 1 is 1.76 bits per heavy atom. The fraction of sp³-hybridized carbons (Fsp3) is 0.636. The van der Waals surface area contributed by atoms with E-state index in [0.29, 0.717) is 6.54 Å². The number of amides is 1. The van der Waals surface area contributed by atoms with Crippen LogP contribution < -0.4 is 10.6 Å². The van der Waals surface area contributed by atoms with E-state index in [1.54, 1.807) is 6.20 Å². The molecule has 17 heavy (non-hydrogen) atoms. The second-order valence-electron chi connectivity index (χ2n) is 4.22. The number of thioether (sulfide) groups is 1. The van der Waals surface area contributed by atoms with Crippen LogP contribution in [-0.4, -0.2) is 45.8 Å². The van der Waals surface area contributed by atoms with Gasteiger partial charge in [0, 0.05) is 36.5 Å². The molecule has 2 unspecified atom stereocenters. The number of carbonyl (C=O) groups excluding carboxylic acids is 1. The first kappa shape index (κ1) is 12.4. The Hall–Kier alpha value is -1.01. The molecule has 1 saturated heterocycles. The van der Waals surface area contributed by atoms with Crippen LogP contribution in [0.3, 0.4) is 0 Å². The first-order chi connectivity index (χ1) is 8.25. The Kier molecular flexibility index (Phi) is 4.44. The third-order valence-electron chi connectivity index (χ3n) is 2.65. The molecule has 94 valence electrons. The Morgan fingerprint density at radius 3 is 3.29 bits per heavy atom. The lowest BCUT2D eigenvalue weighted by Gasteiger charge is -2.24. The van der Waals surface area contributed by atoms with Crippen molar-refractivity contribution >= 4 is 17.7 Å². The van der Waals surface area contributed by atoms with Crippen LogP contribution in [0.2, 0.25) is 0 Å². The van der Waals surface area contributed by atoms with Gasteiger partial charge in [0.05, 0.1) is 12.6 Å². The zero-order chi connectivity index (χ0) is 12.1. The molecule has 5 nitrogen and oxygen atoms in total. The highest BCUT2D eigenvalue weighted by molar-refractivity contribution is 7.99. The van der Waals surface area contributed by atoms with E-state index >= 15 is 0 Å². The number of carbonyl (C=O) groups is 1. The Bertz CT molecular complexity index is 348. The van der Waals surface area contributed by atoms with Crippen LogP contribution in [0.4, 0.5) is 0 Å². The molecule has 0 saturated carbocycles. The van der Waals surface area contributed by atoms with Crippen molar-refractivity contribution in [3.8, 4) is 0 Å². The molecule has 1 aliphatic heterocycles. The first-order valence-corrected chi connectivity index (χ1v) is 7.00. The summed E-state index contributed by atoms with van der Waals surface area (Å²) in [5.41, 5.74) is 0. The summed E-state index contributed by atoms with van der Waals surface area (Å²) in [6.07, 6.45) is 3.64. The van der Waals surface area contributed by atoms with Gasteiger partial charge in [-0.15, -0.1) is 0 Å². The normalized spacial score (nSPS) is 22.1. The highest BCUT2D eigenvalue weighted by Gasteiger charge is 2.21. The molecule has 1 aromatic rings. The van der Waals surface area contributed by atoms with Gasteiger partial charge in [-0.3, -0.25) is 9.48 Å². The summed E-state index contributed by atoms with van der Waals surface area (Å²) in [6, 6.07) is 1.93. The minimum absolute atomic E-state index is 0.0474. The average molecular weight is 254 g/mol. The molecule has 1 fully saturated rings. The second kappa shape index (κ2) is 6.07. The van der Waals surface area contributed by atoms with Crippen molar-refractivity contribution in [3.05, 3.63) is 18.5 Å². The highest BCUT2D eigenvalue weighted by Crippen LogP contribution is 2.07. The third-order valence-corrected chi connectivity index (χ3v) is 3.71. The number of aromatic nitrogens is 2. The number of hydrogen-bond donors (Lipinski definition) is 2. The van der Waals surface area contributed by atoms with Gasteiger partial charge in [0.25, 0.3) is 0 Å². The molecule has 1 amide bonds. The fourth-order valence-corrected chi connectivity index (χ4v) is 2.75. The van der Waals surface area contributed by atoms with Gasteiger partial charge in [-0.05, 0) is 13.0 Å². The summed E-state index contributed by atoms with van der Waals surface area (Å²) >= 11 is 1.82. The fourth-order valence-electron chi connectivity index (χ4n) is 1.81. The second-order valence-corrected chi connectivity index (χ2v) is 5.37. The summed E-state index contributed by atoms with van der Waals surface area (Å²) < 4.78 is 1.83. The maximum Gasteiger partial charge on any atom is 0.238 e. The van der Waals surface area contributed by atoms with E-state index in [9.17, 15) is 4.79 Å². The molecule has 0 aromatic carbocycles. The average Bonchev–Trinajstić information content (AvgIpc) is 2.82. The van der Waals surface area contributed by atoms with Gasteiger partial charge in [0.2, 0.25) is 5.91 Å². The molecule has 0 bridgehead atoms. The van der Waals surface area contributed by atoms with Crippen molar-refractivity contribution in [1.29, 1.82) is 0 Å². The molecule has 0 spiro atoms. The smallest absolute Gasteiger partial charge is 0.238 e. The topological polar surface area (TPSA) is 59.0 Å². The van der Waals surface area contributed by atoms with Crippen LogP contribution in [0.15, 0.2) is 18.5 Å². The lowest BCUT2D eigenvalue weighted by atomic mass is 10.2. The minimum Gasteiger partial charge on any atom is -0.350 e. The summed E-state index contributed by atoms with van der Waals surface area (Å²) in [5, 5.41) is 10.4. The molecular formula is C11H18N4OS. The zero-order valence-electron chi connectivity index (χ0n) is 9.93. The quantitative estimate of drug-likeness (QED) is 0.800. The Morgan fingerprint density at radius 2 is 2.65 bits per heavy atom. The monoisotopic (exact) mass is 254 g/mol. The van der Waals surface area contributed by atoms with Crippen molar-refractivity contribution in [1.82, 2.24) is 20.4 Å². The summed E-state index contributed by atoms with van der Waals surface area (Å²) in [6.45, 7) is 3.62. The van der Waals surface area contributed by atoms with E-state index in [4.69, 9.17) is 0 Å². The van der Waals surface area contributed by atoms with Crippen molar-refractivity contribution in [2.24, 2.45) is 0 Å². The molecule has 2 heterocycles. The molecule has 2 rings (SSSR count). The van der Waals surface area contributed by atoms with E-state index in [1.807, 2.05) is 35.6 Å². The van der Waals surface area contributed by atoms with E-state index < -0.39 is 0 Å². The van der Waals surface area contributed by atoms with Crippen LogP contribution >= 0.6 is 11.8 Å². The van der Waals surface area contributed by atoms with E-state index in [2.05, 4.69) is 15.7 Å². The van der Waals surface area contributed by atoms with Gasteiger partial charge in [0.15, 0.2) is 0 Å². The SMILES string of the molecule is CC(Cn1cccn1)NC(=O)C1CSCCN1. The van der Waals surface area contributed by atoms with Gasteiger partial charge in [0.1, 0.15) is 0 Å². The van der Waals surface area contributed by atoms with Crippen molar-refractivity contribution in [3.63, 3.8) is 0 Å². The van der Waals surface area contributed by atoms with Crippen molar-refractivity contribution < 1.29 is 4.79 Å². The van der Waals surface area contributed by atoms with Gasteiger partial charge in [-0.2, -0.15) is 16.9 Å². The standard InChI is InChI=1S/C11H18N4OS/c1-9(7-15-5-2-3-13-15)14-11(16)10-8-17-6-4-12-10/h2-3,5,9-10,12H,4,6-8H2,1H3,(H,14,16). The molecular weight excluding hydrogens is 236 g/mol. The van der Waals surface area contributed by atoms with Gasteiger partial charge in [-0.25, -0.2) is 0 Å². The lowest BCUT2D eigenvalue weighted by Crippen LogP contribution is -2.51. The van der Waals surface area contributed by atoms with Gasteiger partial charge < -0.3 is 10.6 Å². The third kappa shape index (κ3) is 3.74. The van der Waals surface area contributed by atoms with Gasteiger partial charge >= 0.3 is 0 Å². The number of rotatable bonds is 4. The molecule has 0 aliphatic carbocycles. The predicted molar refractivity (Wildman–Crippen MR) is 68.9 cm³/mol. The highest BCUT2D eigenvalue weighted by atomic mass is 32.2. The van der Waals surface area contributed by atoms with Crippen LogP contribution in [0.5, 0.6) is 0 Å². The number of hydrogen-bond acceptors (Lipinski definition) is 4. The lowest BCUT2D eigenvalue weighted by molar-refractivity contribution is -0.123. The maximum atomic E-state index is 11.9. The largest absolute Gasteiger partial charge is 0.350 e. The molecule has 2 atom stereocenters. The number of nitrogens with one attached hydrogen (secondary N) is 2. The Balaban J connectivity index is 1.77. The molecule has 0 radical (unpaired) electrons. The predicted octanol–water partition coefficient (Wildman–Crippen LogP) is 0.0928. The van der Waals surface area contributed by atoms with Crippen LogP contribution in [0, 0.1) is 0 Å². The van der Waals surface area contributed by atoms with E-state index in [1.165, 1.54) is 0 Å². The summed E-state index contributed by atoms with van der Waals surface area (Å²) in [7, 11) is 0. The summed E-state index contributed by atoms with van der Waals surface area (Å²) in [5.74, 6) is 2.05. The zero-order valence-corrected chi connectivity index (χ0v) is 10.7. The molecule has 6 heteroatoms. The van der Waals surface area contributed by atoms with Crippen LogP contribution in [0.25, 0.3) is 0 Å². The molecule has 2 N–H and O–H groups in total. The molecule has 1 aliphatic rings. The molecule has 1 aromatic heterocycles. The first-order valence-electron chi connectivity index (χ1n) is 5.84. The summed E-state index contributed by atoms with van der Waals surface area (Å²) in [4.78, 5) is 11.9. The number of nitrogens with zero attached hydrogens (tertiary/aromatic N) is 2. The van der Waals surface area contributed by atoms with E-state index in [0.717, 1.165) is 18.1 Å². The Labute approximate surface area is 105 Å². The minimum atomic E-state index is -0.0474. The maximum absolute atomic E-state index is 11.9. The van der Waals surface area contributed by atoms with Crippen LogP contribution in [-0.2, 0) is 11.3 Å². The van der Waals surface area contributed by atoms with Crippen LogP contribution in [0.1, 0.15) is 6.92 Å². The van der Waals surface area contributed by atoms with Gasteiger partial charge in [-0.1, -0.05) is 0 Å². The van der Waals surface area contributed by atoms with E-state index in [-0.39, 0.29) is 18.0 Å². The van der Waals surface area contributed by atoms with Crippen molar-refractivity contribution in [2.75, 3.05) is 18.1 Å². The van der Waals surface area contributed by atoms with Crippen molar-refractivity contribution in [2.45, 2.75) is 25.6 Å².